The first-order valence-corrected chi connectivity index (χ1v) is 22.8. The molecule has 0 saturated carbocycles. The molecule has 326 valence electrons. The van der Waals surface area contributed by atoms with Crippen molar-refractivity contribution in [3.63, 3.8) is 0 Å². The lowest BCUT2D eigenvalue weighted by molar-refractivity contribution is -0.161. The zero-order valence-electron chi connectivity index (χ0n) is 34.6. The third kappa shape index (κ3) is 29.2. The van der Waals surface area contributed by atoms with Crippen molar-refractivity contribution in [3.05, 3.63) is 60.8 Å². The first-order chi connectivity index (χ1) is 27.5. The zero-order chi connectivity index (χ0) is 42.0. The molecule has 1 aliphatic rings. The van der Waals surface area contributed by atoms with Crippen LogP contribution in [0.15, 0.2) is 60.8 Å². The van der Waals surface area contributed by atoms with Gasteiger partial charge in [-0.25, -0.2) is 4.57 Å². The van der Waals surface area contributed by atoms with Crippen LogP contribution >= 0.6 is 7.82 Å². The average molecular weight is 825 g/mol. The van der Waals surface area contributed by atoms with Crippen molar-refractivity contribution in [2.45, 2.75) is 161 Å². The summed E-state index contributed by atoms with van der Waals surface area (Å²) >= 11 is 0. The highest BCUT2D eigenvalue weighted by atomic mass is 31.2. The molecule has 1 rings (SSSR count). The van der Waals surface area contributed by atoms with E-state index < -0.39 is 57.9 Å². The van der Waals surface area contributed by atoms with Crippen LogP contribution in [-0.4, -0.2) is 82.7 Å². The number of ketones is 1. The van der Waals surface area contributed by atoms with Gasteiger partial charge in [-0.15, -0.1) is 0 Å². The van der Waals surface area contributed by atoms with Crippen molar-refractivity contribution >= 4 is 25.5 Å². The van der Waals surface area contributed by atoms with Gasteiger partial charge in [-0.3, -0.25) is 23.4 Å². The van der Waals surface area contributed by atoms with Gasteiger partial charge in [0.2, 0.25) is 0 Å². The molecule has 0 aromatic heterocycles. The number of phosphoric acid groups is 1. The highest BCUT2D eigenvalue weighted by Gasteiger charge is 2.28. The number of allylic oxidation sites excluding steroid dienone is 9. The summed E-state index contributed by atoms with van der Waals surface area (Å²) in [6.45, 7) is 1.99. The van der Waals surface area contributed by atoms with Gasteiger partial charge >= 0.3 is 19.8 Å². The van der Waals surface area contributed by atoms with Gasteiger partial charge in [-0.2, -0.15) is 0 Å². The van der Waals surface area contributed by atoms with Crippen LogP contribution in [0.5, 0.6) is 0 Å². The van der Waals surface area contributed by atoms with Crippen LogP contribution in [0.3, 0.4) is 0 Å². The van der Waals surface area contributed by atoms with Gasteiger partial charge < -0.3 is 29.7 Å². The van der Waals surface area contributed by atoms with Crippen molar-refractivity contribution < 1.29 is 57.7 Å². The summed E-state index contributed by atoms with van der Waals surface area (Å²) in [6.07, 6.45) is 33.9. The molecule has 12 nitrogen and oxygen atoms in total. The van der Waals surface area contributed by atoms with Crippen LogP contribution in [0.2, 0.25) is 0 Å². The molecule has 0 spiro atoms. The molecule has 0 saturated heterocycles. The van der Waals surface area contributed by atoms with Crippen molar-refractivity contribution in [3.8, 4) is 0 Å². The Balaban J connectivity index is 2.47. The standard InChI is InChI=1S/C44H73O12P/c1-3-5-7-8-9-10-11-12-13-14-15-16-17-18-23-27-43(49)53-35-40(36-55-57(51,52)54-34-39(47)33-45)56-44(50)28-24-20-19-22-25-37-29-32-42(48)41(37)31-30-38(46)26-21-6-4-2/h10-13,19,22,29-32,37-41,45-47H,3-9,14-18,20-21,23-28,33-36H2,1-2H3,(H,51,52)/b11-10-,13-12-,22-19-,31-30+/t37-,38-,39-,40+,41+/m0/s1. The Labute approximate surface area is 342 Å². The van der Waals surface area contributed by atoms with Crippen LogP contribution < -0.4 is 0 Å². The minimum Gasteiger partial charge on any atom is -0.462 e. The molecule has 0 amide bonds. The third-order valence-electron chi connectivity index (χ3n) is 9.42. The number of hydrogen-bond acceptors (Lipinski definition) is 11. The number of ether oxygens (including phenoxy) is 2. The topological polar surface area (TPSA) is 186 Å². The average Bonchev–Trinajstić information content (AvgIpc) is 3.55. The van der Waals surface area contributed by atoms with E-state index in [1.54, 1.807) is 12.2 Å². The van der Waals surface area contributed by atoms with Crippen LogP contribution in [0.25, 0.3) is 0 Å². The van der Waals surface area contributed by atoms with E-state index in [1.165, 1.54) is 25.7 Å². The van der Waals surface area contributed by atoms with Crippen molar-refractivity contribution in [2.75, 3.05) is 26.4 Å². The molecule has 4 N–H and O–H groups in total. The van der Waals surface area contributed by atoms with Gasteiger partial charge in [0, 0.05) is 18.8 Å². The van der Waals surface area contributed by atoms with E-state index >= 15 is 0 Å². The fourth-order valence-electron chi connectivity index (χ4n) is 5.97. The van der Waals surface area contributed by atoms with E-state index in [2.05, 4.69) is 42.7 Å². The van der Waals surface area contributed by atoms with Crippen LogP contribution in [-0.2, 0) is 37.5 Å². The number of hydrogen-bond donors (Lipinski definition) is 4. The molecule has 0 aromatic carbocycles. The smallest absolute Gasteiger partial charge is 0.462 e. The third-order valence-corrected chi connectivity index (χ3v) is 10.4. The first kappa shape index (κ1) is 52.3. The van der Waals surface area contributed by atoms with Crippen molar-refractivity contribution in [2.24, 2.45) is 11.8 Å². The molecule has 0 radical (unpaired) electrons. The van der Waals surface area contributed by atoms with Crippen LogP contribution in [0.1, 0.15) is 142 Å². The van der Waals surface area contributed by atoms with E-state index in [0.29, 0.717) is 32.1 Å². The number of esters is 2. The highest BCUT2D eigenvalue weighted by Crippen LogP contribution is 2.43. The van der Waals surface area contributed by atoms with Gasteiger partial charge in [0.1, 0.15) is 12.7 Å². The summed E-state index contributed by atoms with van der Waals surface area (Å²) in [5.41, 5.74) is 0. The second kappa shape index (κ2) is 34.2. The van der Waals surface area contributed by atoms with Gasteiger partial charge in [0.15, 0.2) is 11.9 Å². The fraction of sp³-hybridized carbons (Fsp3) is 0.705. The first-order valence-electron chi connectivity index (χ1n) is 21.3. The quantitative estimate of drug-likeness (QED) is 0.0155. The van der Waals surface area contributed by atoms with E-state index in [9.17, 15) is 34.1 Å². The predicted molar refractivity (Wildman–Crippen MR) is 223 cm³/mol. The molecule has 1 aliphatic carbocycles. The molecule has 0 aromatic rings. The molecule has 0 aliphatic heterocycles. The van der Waals surface area contributed by atoms with Gasteiger partial charge in [-0.05, 0) is 69.8 Å². The number of phosphoric ester groups is 1. The monoisotopic (exact) mass is 824 g/mol. The predicted octanol–water partition coefficient (Wildman–Crippen LogP) is 8.73. The Morgan fingerprint density at radius 3 is 2.09 bits per heavy atom. The van der Waals surface area contributed by atoms with E-state index in [0.717, 1.165) is 57.8 Å². The lowest BCUT2D eigenvalue weighted by Gasteiger charge is -2.20. The summed E-state index contributed by atoms with van der Waals surface area (Å²) < 4.78 is 32.6. The SMILES string of the molecule is CCCCCC/C=C\C=C/CCCCCCCC(=O)OC[C@H](COP(=O)(O)OC[C@@H](O)CO)OC(=O)CCC/C=C\C[C@H]1C=CC(=O)[C@@H]1/C=C/[C@@H](O)CCCCC. The number of aliphatic hydroxyl groups excluding tert-OH is 3. The molecule has 1 unspecified atom stereocenters. The maximum absolute atomic E-state index is 12.7. The Hall–Kier alpha value is -2.70. The van der Waals surface area contributed by atoms with Crippen LogP contribution in [0, 0.1) is 11.8 Å². The normalized spacial score (nSPS) is 18.6. The van der Waals surface area contributed by atoms with Crippen molar-refractivity contribution in [1.29, 1.82) is 0 Å². The number of unbranched alkanes of at least 4 members (excludes halogenated alkanes) is 12. The highest BCUT2D eigenvalue weighted by molar-refractivity contribution is 7.47. The number of aliphatic hydroxyl groups is 3. The summed E-state index contributed by atoms with van der Waals surface area (Å²) in [7, 11) is -4.68. The minimum atomic E-state index is -4.68. The molecule has 0 fully saturated rings. The summed E-state index contributed by atoms with van der Waals surface area (Å²) in [5, 5.41) is 28.6. The van der Waals surface area contributed by atoms with E-state index in [4.69, 9.17) is 19.1 Å². The number of rotatable bonds is 36. The van der Waals surface area contributed by atoms with Gasteiger partial charge in [0.05, 0.1) is 25.9 Å². The maximum Gasteiger partial charge on any atom is 0.472 e. The minimum absolute atomic E-state index is 0.00503. The molecular weight excluding hydrogens is 751 g/mol. The van der Waals surface area contributed by atoms with Crippen molar-refractivity contribution in [1.82, 2.24) is 0 Å². The Morgan fingerprint density at radius 2 is 1.39 bits per heavy atom. The molecule has 6 atom stereocenters. The molecular formula is C44H73O12P. The largest absolute Gasteiger partial charge is 0.472 e. The Morgan fingerprint density at radius 1 is 0.772 bits per heavy atom. The molecule has 0 bridgehead atoms. The van der Waals surface area contributed by atoms with Gasteiger partial charge in [-0.1, -0.05) is 126 Å². The van der Waals surface area contributed by atoms with Gasteiger partial charge in [0.25, 0.3) is 0 Å². The summed E-state index contributed by atoms with van der Waals surface area (Å²) in [4.78, 5) is 47.5. The Bertz CT molecular complexity index is 1280. The second-order valence-corrected chi connectivity index (χ2v) is 16.2. The van der Waals surface area contributed by atoms with E-state index in [-0.39, 0.29) is 37.1 Å². The zero-order valence-corrected chi connectivity index (χ0v) is 35.5. The number of carbonyl (C=O) groups is 3. The fourth-order valence-corrected chi connectivity index (χ4v) is 6.76. The second-order valence-electron chi connectivity index (χ2n) is 14.7. The Kier molecular flexibility index (Phi) is 31.4. The molecule has 13 heteroatoms. The molecule has 0 heterocycles. The van der Waals surface area contributed by atoms with E-state index in [1.807, 2.05) is 24.3 Å². The lowest BCUT2D eigenvalue weighted by Crippen LogP contribution is -2.29. The maximum atomic E-state index is 12.7. The summed E-state index contributed by atoms with van der Waals surface area (Å²) in [6, 6.07) is 0. The number of carbonyl (C=O) groups excluding carboxylic acids is 3. The lowest BCUT2D eigenvalue weighted by atomic mass is 9.90. The van der Waals surface area contributed by atoms with Crippen LogP contribution in [0.4, 0.5) is 0 Å². The molecule has 57 heavy (non-hydrogen) atoms. The summed E-state index contributed by atoms with van der Waals surface area (Å²) in [5.74, 6) is -1.39.